The summed E-state index contributed by atoms with van der Waals surface area (Å²) >= 11 is 0. The average Bonchev–Trinajstić information content (AvgIpc) is 3.19. The number of benzene rings is 9. The lowest BCUT2D eigenvalue weighted by Gasteiger charge is -2.34. The monoisotopic (exact) mass is 647 g/mol. The SMILES string of the molecule is c1ccc2cc3c(cc2c1)-c1cccc2cccc(c12)N3c1ccc2cc(-c3nc4ccccc4nc3-c3cccc4ccccc34)ccc2c1. The van der Waals surface area contributed by atoms with E-state index in [1.54, 1.807) is 0 Å². The molecule has 236 valence electrons. The summed E-state index contributed by atoms with van der Waals surface area (Å²) in [5, 5.41) is 9.70. The summed E-state index contributed by atoms with van der Waals surface area (Å²) in [5.74, 6) is 0. The smallest absolute Gasteiger partial charge is 0.0979 e. The molecule has 1 aromatic heterocycles. The lowest BCUT2D eigenvalue weighted by atomic mass is 9.89. The molecular weight excluding hydrogens is 619 g/mol. The summed E-state index contributed by atoms with van der Waals surface area (Å²) in [6.07, 6.45) is 0. The standard InChI is InChI=1S/C48H29N3/c1-2-12-33-29-45-41(28-32(33)11-1)39-17-8-14-31-15-9-21-44(46(31)39)51(45)37-25-24-34-26-36(23-22-35(34)27-37)47-48(50-43-20-6-5-19-42(43)49-47)40-18-7-13-30-10-3-4-16-38(30)40/h1-29H. The molecule has 0 unspecified atom stereocenters. The maximum Gasteiger partial charge on any atom is 0.0979 e. The molecule has 1 aliphatic heterocycles. The minimum Gasteiger partial charge on any atom is -0.309 e. The summed E-state index contributed by atoms with van der Waals surface area (Å²) in [5.41, 5.74) is 11.8. The lowest BCUT2D eigenvalue weighted by Crippen LogP contribution is -2.15. The lowest BCUT2D eigenvalue weighted by molar-refractivity contribution is 1.29. The van der Waals surface area contributed by atoms with Crippen molar-refractivity contribution in [1.82, 2.24) is 9.97 Å². The van der Waals surface area contributed by atoms with Crippen molar-refractivity contribution in [1.29, 1.82) is 0 Å². The molecule has 0 spiro atoms. The number of hydrogen-bond donors (Lipinski definition) is 0. The van der Waals surface area contributed by atoms with Crippen LogP contribution in [0.2, 0.25) is 0 Å². The van der Waals surface area contributed by atoms with Crippen LogP contribution in [-0.2, 0) is 0 Å². The van der Waals surface area contributed by atoms with E-state index in [0.29, 0.717) is 0 Å². The molecule has 3 nitrogen and oxygen atoms in total. The third-order valence-corrected chi connectivity index (χ3v) is 10.5. The molecular formula is C48H29N3. The van der Waals surface area contributed by atoms with Crippen molar-refractivity contribution in [3.63, 3.8) is 0 Å². The second-order valence-electron chi connectivity index (χ2n) is 13.4. The van der Waals surface area contributed by atoms with Gasteiger partial charge in [-0.25, -0.2) is 9.97 Å². The van der Waals surface area contributed by atoms with E-state index in [2.05, 4.69) is 157 Å². The van der Waals surface area contributed by atoms with Crippen molar-refractivity contribution < 1.29 is 0 Å². The van der Waals surface area contributed by atoms with Gasteiger partial charge in [-0.3, -0.25) is 0 Å². The van der Waals surface area contributed by atoms with E-state index in [0.717, 1.165) is 44.6 Å². The Labute approximate surface area is 294 Å². The van der Waals surface area contributed by atoms with Gasteiger partial charge >= 0.3 is 0 Å². The molecule has 0 saturated carbocycles. The van der Waals surface area contributed by atoms with E-state index < -0.39 is 0 Å². The molecule has 2 heterocycles. The second kappa shape index (κ2) is 10.8. The van der Waals surface area contributed by atoms with Crippen molar-refractivity contribution in [2.24, 2.45) is 0 Å². The van der Waals surface area contributed by atoms with Gasteiger partial charge in [0.25, 0.3) is 0 Å². The Morgan fingerprint density at radius 1 is 0.353 bits per heavy atom. The van der Waals surface area contributed by atoms with Gasteiger partial charge in [-0.2, -0.15) is 0 Å². The first kappa shape index (κ1) is 28.0. The van der Waals surface area contributed by atoms with Gasteiger partial charge in [-0.05, 0) is 91.8 Å². The molecule has 0 radical (unpaired) electrons. The summed E-state index contributed by atoms with van der Waals surface area (Å²) in [7, 11) is 0. The van der Waals surface area contributed by atoms with E-state index in [9.17, 15) is 0 Å². The van der Waals surface area contributed by atoms with Crippen LogP contribution < -0.4 is 4.90 Å². The fourth-order valence-corrected chi connectivity index (χ4v) is 8.11. The predicted octanol–water partition coefficient (Wildman–Crippen LogP) is 13.0. The zero-order chi connectivity index (χ0) is 33.5. The van der Waals surface area contributed by atoms with Gasteiger partial charge in [0.05, 0.1) is 33.8 Å². The normalized spacial score (nSPS) is 12.3. The first-order chi connectivity index (χ1) is 25.3. The third-order valence-electron chi connectivity index (χ3n) is 10.5. The zero-order valence-electron chi connectivity index (χ0n) is 27.6. The molecule has 0 bridgehead atoms. The first-order valence-corrected chi connectivity index (χ1v) is 17.4. The Kier molecular flexibility index (Phi) is 5.96. The minimum atomic E-state index is 0.885. The number of anilines is 3. The highest BCUT2D eigenvalue weighted by Gasteiger charge is 2.26. The van der Waals surface area contributed by atoms with Crippen LogP contribution >= 0.6 is 0 Å². The number of aromatic nitrogens is 2. The highest BCUT2D eigenvalue weighted by atomic mass is 15.2. The van der Waals surface area contributed by atoms with Crippen LogP contribution in [0.5, 0.6) is 0 Å². The number of rotatable bonds is 3. The molecule has 10 aromatic rings. The maximum absolute atomic E-state index is 5.25. The Hall–Kier alpha value is -6.84. The summed E-state index contributed by atoms with van der Waals surface area (Å²) < 4.78 is 0. The fraction of sp³-hybridized carbons (Fsp3) is 0. The first-order valence-electron chi connectivity index (χ1n) is 17.4. The number of para-hydroxylation sites is 2. The molecule has 9 aromatic carbocycles. The molecule has 3 heteroatoms. The van der Waals surface area contributed by atoms with Gasteiger partial charge in [0.2, 0.25) is 0 Å². The van der Waals surface area contributed by atoms with Gasteiger partial charge < -0.3 is 4.90 Å². The molecule has 1 aliphatic rings. The Morgan fingerprint density at radius 3 is 1.80 bits per heavy atom. The summed E-state index contributed by atoms with van der Waals surface area (Å²) in [6, 6.07) is 63.3. The fourth-order valence-electron chi connectivity index (χ4n) is 8.11. The molecule has 0 aliphatic carbocycles. The largest absolute Gasteiger partial charge is 0.309 e. The van der Waals surface area contributed by atoms with E-state index in [1.165, 1.54) is 60.2 Å². The van der Waals surface area contributed by atoms with E-state index in [4.69, 9.17) is 9.97 Å². The van der Waals surface area contributed by atoms with Crippen LogP contribution in [0.4, 0.5) is 17.1 Å². The second-order valence-corrected chi connectivity index (χ2v) is 13.4. The average molecular weight is 648 g/mol. The molecule has 0 saturated heterocycles. The van der Waals surface area contributed by atoms with Gasteiger partial charge in [0.15, 0.2) is 0 Å². The highest BCUT2D eigenvalue weighted by molar-refractivity contribution is 6.16. The Morgan fingerprint density at radius 2 is 0.961 bits per heavy atom. The van der Waals surface area contributed by atoms with Crippen LogP contribution in [0.15, 0.2) is 176 Å². The highest BCUT2D eigenvalue weighted by Crippen LogP contribution is 2.52. The number of nitrogens with zero attached hydrogens (tertiary/aromatic N) is 3. The summed E-state index contributed by atoms with van der Waals surface area (Å²) in [6.45, 7) is 0. The van der Waals surface area contributed by atoms with Crippen LogP contribution in [0.25, 0.3) is 87.8 Å². The van der Waals surface area contributed by atoms with Crippen LogP contribution in [0, 0.1) is 0 Å². The van der Waals surface area contributed by atoms with Crippen molar-refractivity contribution in [2.75, 3.05) is 4.90 Å². The molecule has 0 fully saturated rings. The van der Waals surface area contributed by atoms with E-state index in [1.807, 2.05) is 24.3 Å². The molecule has 0 N–H and O–H groups in total. The molecule has 51 heavy (non-hydrogen) atoms. The number of fused-ring (bicyclic) bond motifs is 6. The quantitative estimate of drug-likeness (QED) is 0.191. The van der Waals surface area contributed by atoms with Gasteiger partial charge in [0.1, 0.15) is 0 Å². The van der Waals surface area contributed by atoms with Gasteiger partial charge in [-0.1, -0.05) is 127 Å². The Bertz CT molecular complexity index is 3040. The van der Waals surface area contributed by atoms with Crippen molar-refractivity contribution in [2.45, 2.75) is 0 Å². The van der Waals surface area contributed by atoms with Crippen LogP contribution in [-0.4, -0.2) is 9.97 Å². The molecule has 11 rings (SSSR count). The molecule has 0 amide bonds. The maximum atomic E-state index is 5.25. The van der Waals surface area contributed by atoms with E-state index >= 15 is 0 Å². The van der Waals surface area contributed by atoms with Crippen molar-refractivity contribution in [3.8, 4) is 33.6 Å². The summed E-state index contributed by atoms with van der Waals surface area (Å²) in [4.78, 5) is 12.9. The Balaban J connectivity index is 1.10. The number of hydrogen-bond acceptors (Lipinski definition) is 3. The van der Waals surface area contributed by atoms with Crippen molar-refractivity contribution >= 4 is 71.2 Å². The third kappa shape index (κ3) is 4.32. The van der Waals surface area contributed by atoms with Crippen molar-refractivity contribution in [3.05, 3.63) is 176 Å². The van der Waals surface area contributed by atoms with Crippen LogP contribution in [0.1, 0.15) is 0 Å². The van der Waals surface area contributed by atoms with Crippen LogP contribution in [0.3, 0.4) is 0 Å². The predicted molar refractivity (Wildman–Crippen MR) is 214 cm³/mol. The van der Waals surface area contributed by atoms with Gasteiger partial charge in [0, 0.05) is 27.8 Å². The van der Waals surface area contributed by atoms with Gasteiger partial charge in [-0.15, -0.1) is 0 Å². The zero-order valence-corrected chi connectivity index (χ0v) is 27.6. The minimum absolute atomic E-state index is 0.885. The molecule has 0 atom stereocenters. The topological polar surface area (TPSA) is 29.0 Å². The van der Waals surface area contributed by atoms with E-state index in [-0.39, 0.29) is 0 Å².